The summed E-state index contributed by atoms with van der Waals surface area (Å²) in [6.07, 6.45) is 3.97. The molecule has 0 spiro atoms. The van der Waals surface area contributed by atoms with E-state index in [4.69, 9.17) is 0 Å². The van der Waals surface area contributed by atoms with E-state index in [0.29, 0.717) is 5.92 Å². The molecule has 18 heavy (non-hydrogen) atoms. The first kappa shape index (κ1) is 12.1. The van der Waals surface area contributed by atoms with Crippen LogP contribution in [-0.2, 0) is 0 Å². The molecule has 1 aliphatic carbocycles. The summed E-state index contributed by atoms with van der Waals surface area (Å²) < 4.78 is 0. The monoisotopic (exact) mass is 265 g/mol. The molecular weight excluding hydrogens is 246 g/mol. The van der Waals surface area contributed by atoms with Gasteiger partial charge in [0.05, 0.1) is 11.2 Å². The Morgan fingerprint density at radius 1 is 1.56 bits per heavy atom. The second-order valence-electron chi connectivity index (χ2n) is 5.36. The van der Waals surface area contributed by atoms with Crippen molar-refractivity contribution in [3.05, 3.63) is 16.1 Å². The molecular formula is C13H19N3OS. The van der Waals surface area contributed by atoms with Crippen LogP contribution in [0.1, 0.15) is 34.6 Å². The molecule has 1 saturated heterocycles. The highest BCUT2D eigenvalue weighted by atomic mass is 32.1. The molecule has 2 aliphatic rings. The maximum Gasteiger partial charge on any atom is 0.263 e. The van der Waals surface area contributed by atoms with E-state index in [1.165, 1.54) is 37.1 Å². The minimum Gasteiger partial charge on any atom is -0.351 e. The van der Waals surface area contributed by atoms with E-state index in [9.17, 15) is 4.79 Å². The molecule has 1 N–H and O–H groups in total. The summed E-state index contributed by atoms with van der Waals surface area (Å²) >= 11 is 1.42. The average Bonchev–Trinajstić information content (AvgIpc) is 2.95. The fourth-order valence-corrected chi connectivity index (χ4v) is 3.36. The van der Waals surface area contributed by atoms with Gasteiger partial charge in [-0.05, 0) is 38.6 Å². The van der Waals surface area contributed by atoms with E-state index in [0.717, 1.165) is 29.7 Å². The van der Waals surface area contributed by atoms with Gasteiger partial charge >= 0.3 is 0 Å². The summed E-state index contributed by atoms with van der Waals surface area (Å²) in [5, 5.41) is 3.05. The first-order chi connectivity index (χ1) is 8.74. The zero-order chi connectivity index (χ0) is 12.5. The lowest BCUT2D eigenvalue weighted by Gasteiger charge is -2.15. The van der Waals surface area contributed by atoms with Crippen molar-refractivity contribution in [2.24, 2.45) is 5.92 Å². The van der Waals surface area contributed by atoms with Gasteiger partial charge < -0.3 is 10.2 Å². The number of carbonyl (C=O) groups is 1. The van der Waals surface area contributed by atoms with E-state index in [1.807, 2.05) is 6.92 Å². The summed E-state index contributed by atoms with van der Waals surface area (Å²) in [4.78, 5) is 19.4. The maximum absolute atomic E-state index is 12.0. The van der Waals surface area contributed by atoms with Gasteiger partial charge in [0.25, 0.3) is 5.91 Å². The van der Waals surface area contributed by atoms with Gasteiger partial charge in [-0.15, -0.1) is 11.3 Å². The van der Waals surface area contributed by atoms with E-state index in [1.54, 1.807) is 5.51 Å². The predicted octanol–water partition coefficient (Wildman–Crippen LogP) is 1.67. The zero-order valence-corrected chi connectivity index (χ0v) is 11.5. The Morgan fingerprint density at radius 2 is 2.39 bits per heavy atom. The number of nitrogens with zero attached hydrogens (tertiary/aromatic N) is 2. The van der Waals surface area contributed by atoms with Gasteiger partial charge in [-0.3, -0.25) is 4.79 Å². The fourth-order valence-electron chi connectivity index (χ4n) is 2.64. The van der Waals surface area contributed by atoms with Gasteiger partial charge in [0.1, 0.15) is 4.88 Å². The van der Waals surface area contributed by atoms with E-state index >= 15 is 0 Å². The fraction of sp³-hybridized carbons (Fsp3) is 0.692. The van der Waals surface area contributed by atoms with Crippen molar-refractivity contribution in [3.63, 3.8) is 0 Å². The number of thiazole rings is 1. The quantitative estimate of drug-likeness (QED) is 0.900. The zero-order valence-electron chi connectivity index (χ0n) is 10.7. The van der Waals surface area contributed by atoms with Crippen molar-refractivity contribution in [2.45, 2.75) is 32.2 Å². The Morgan fingerprint density at radius 3 is 3.06 bits per heavy atom. The number of aryl methyl sites for hydroxylation is 1. The molecule has 2 fully saturated rings. The Labute approximate surface area is 111 Å². The molecule has 1 amide bonds. The second-order valence-corrected chi connectivity index (χ2v) is 6.21. The molecule has 4 nitrogen and oxygen atoms in total. The molecule has 1 saturated carbocycles. The van der Waals surface area contributed by atoms with Gasteiger partial charge in [0.15, 0.2) is 0 Å². The number of rotatable bonds is 4. The third kappa shape index (κ3) is 2.57. The van der Waals surface area contributed by atoms with Crippen molar-refractivity contribution in [2.75, 3.05) is 19.6 Å². The normalized spacial score (nSPS) is 24.4. The van der Waals surface area contributed by atoms with Crippen LogP contribution >= 0.6 is 11.3 Å². The van der Waals surface area contributed by atoms with Crippen LogP contribution in [0.15, 0.2) is 5.51 Å². The number of hydrogen-bond donors (Lipinski definition) is 1. The number of carbonyl (C=O) groups excluding carboxylic acids is 1. The SMILES string of the molecule is Cc1ncsc1C(=O)NCC1CCN(C2CC2)C1. The summed E-state index contributed by atoms with van der Waals surface area (Å²) in [6, 6.07) is 0.856. The number of hydrogen-bond acceptors (Lipinski definition) is 4. The van der Waals surface area contributed by atoms with Gasteiger partial charge in [-0.2, -0.15) is 0 Å². The standard InChI is InChI=1S/C13H19N3OS/c1-9-12(18-8-15-9)13(17)14-6-10-4-5-16(7-10)11-2-3-11/h8,10-11H,2-7H2,1H3,(H,14,17). The van der Waals surface area contributed by atoms with Crippen LogP contribution in [0.3, 0.4) is 0 Å². The van der Waals surface area contributed by atoms with Crippen LogP contribution in [0.5, 0.6) is 0 Å². The highest BCUT2D eigenvalue weighted by Gasteiger charge is 2.34. The molecule has 1 aromatic rings. The number of amides is 1. The lowest BCUT2D eigenvalue weighted by molar-refractivity contribution is 0.0950. The third-order valence-electron chi connectivity index (χ3n) is 3.88. The molecule has 5 heteroatoms. The van der Waals surface area contributed by atoms with E-state index in [2.05, 4.69) is 15.2 Å². The molecule has 1 atom stereocenters. The molecule has 1 aromatic heterocycles. The topological polar surface area (TPSA) is 45.2 Å². The van der Waals surface area contributed by atoms with Crippen LogP contribution in [0.25, 0.3) is 0 Å². The van der Waals surface area contributed by atoms with E-state index in [-0.39, 0.29) is 5.91 Å². The predicted molar refractivity (Wildman–Crippen MR) is 71.9 cm³/mol. The molecule has 98 valence electrons. The molecule has 0 radical (unpaired) electrons. The molecule has 2 heterocycles. The lowest BCUT2D eigenvalue weighted by atomic mass is 10.1. The minimum atomic E-state index is 0.0415. The Kier molecular flexibility index (Phi) is 3.35. The smallest absolute Gasteiger partial charge is 0.263 e. The second kappa shape index (κ2) is 4.97. The van der Waals surface area contributed by atoms with Gasteiger partial charge in [0, 0.05) is 19.1 Å². The Hall–Kier alpha value is -0.940. The van der Waals surface area contributed by atoms with Gasteiger partial charge in [-0.1, -0.05) is 0 Å². The highest BCUT2D eigenvalue weighted by Crippen LogP contribution is 2.31. The Balaban J connectivity index is 1.47. The molecule has 0 bridgehead atoms. The van der Waals surface area contributed by atoms with Gasteiger partial charge in [0.2, 0.25) is 0 Å². The van der Waals surface area contributed by atoms with Crippen molar-refractivity contribution in [1.29, 1.82) is 0 Å². The minimum absolute atomic E-state index is 0.0415. The van der Waals surface area contributed by atoms with Crippen molar-refractivity contribution in [1.82, 2.24) is 15.2 Å². The number of likely N-dealkylation sites (tertiary alicyclic amines) is 1. The molecule has 1 unspecified atom stereocenters. The summed E-state index contributed by atoms with van der Waals surface area (Å²) in [7, 11) is 0. The maximum atomic E-state index is 12.0. The van der Waals surface area contributed by atoms with Crippen LogP contribution in [-0.4, -0.2) is 41.5 Å². The number of aromatic nitrogens is 1. The van der Waals surface area contributed by atoms with Crippen molar-refractivity contribution >= 4 is 17.2 Å². The average molecular weight is 265 g/mol. The largest absolute Gasteiger partial charge is 0.351 e. The van der Waals surface area contributed by atoms with Crippen LogP contribution in [0, 0.1) is 12.8 Å². The molecule has 1 aliphatic heterocycles. The van der Waals surface area contributed by atoms with Crippen LogP contribution < -0.4 is 5.32 Å². The number of nitrogens with one attached hydrogen (secondary N) is 1. The lowest BCUT2D eigenvalue weighted by Crippen LogP contribution is -2.31. The molecule has 3 rings (SSSR count). The molecule has 0 aromatic carbocycles. The van der Waals surface area contributed by atoms with Crippen molar-refractivity contribution < 1.29 is 4.79 Å². The summed E-state index contributed by atoms with van der Waals surface area (Å²) in [5.74, 6) is 0.669. The van der Waals surface area contributed by atoms with Crippen LogP contribution in [0.4, 0.5) is 0 Å². The highest BCUT2D eigenvalue weighted by molar-refractivity contribution is 7.11. The first-order valence-electron chi connectivity index (χ1n) is 6.66. The summed E-state index contributed by atoms with van der Waals surface area (Å²) in [5.41, 5.74) is 2.57. The summed E-state index contributed by atoms with van der Waals surface area (Å²) in [6.45, 7) is 5.06. The van der Waals surface area contributed by atoms with E-state index < -0.39 is 0 Å². The third-order valence-corrected chi connectivity index (χ3v) is 4.81. The first-order valence-corrected chi connectivity index (χ1v) is 7.54. The Bertz CT molecular complexity index is 441. The van der Waals surface area contributed by atoms with Crippen LogP contribution in [0.2, 0.25) is 0 Å². The van der Waals surface area contributed by atoms with Gasteiger partial charge in [-0.25, -0.2) is 4.98 Å². The van der Waals surface area contributed by atoms with Crippen molar-refractivity contribution in [3.8, 4) is 0 Å².